The third-order valence-electron chi connectivity index (χ3n) is 4.24. The summed E-state index contributed by atoms with van der Waals surface area (Å²) in [6.45, 7) is 12.1. The molecule has 3 nitrogen and oxygen atoms in total. The van der Waals surface area contributed by atoms with E-state index >= 15 is 0 Å². The van der Waals surface area contributed by atoms with Gasteiger partial charge in [-0.1, -0.05) is 33.8 Å². The normalized spacial score (nSPS) is 19.5. The highest BCUT2D eigenvalue weighted by Crippen LogP contribution is 2.34. The molecule has 1 heterocycles. The molecule has 19 heavy (non-hydrogen) atoms. The fraction of sp³-hybridized carbons (Fsp3) is 0.812. The van der Waals surface area contributed by atoms with Gasteiger partial charge in [-0.2, -0.15) is 0 Å². The first-order valence-corrected chi connectivity index (χ1v) is 7.38. The van der Waals surface area contributed by atoms with Crippen LogP contribution in [0.5, 0.6) is 0 Å². The molecule has 1 saturated heterocycles. The molecule has 1 aliphatic heterocycles. The highest BCUT2D eigenvalue weighted by molar-refractivity contribution is 5.88. The van der Waals surface area contributed by atoms with Crippen LogP contribution in [0.2, 0.25) is 0 Å². The molecule has 0 amide bonds. The van der Waals surface area contributed by atoms with Gasteiger partial charge in [-0.15, -0.1) is 0 Å². The van der Waals surface area contributed by atoms with Crippen LogP contribution in [-0.2, 0) is 9.53 Å². The van der Waals surface area contributed by atoms with Crippen LogP contribution in [0.4, 0.5) is 0 Å². The summed E-state index contributed by atoms with van der Waals surface area (Å²) in [6, 6.07) is 0. The van der Waals surface area contributed by atoms with E-state index in [1.165, 1.54) is 20.0 Å². The fourth-order valence-electron chi connectivity index (χ4n) is 2.72. The number of likely N-dealkylation sites (tertiary alicyclic amines) is 1. The van der Waals surface area contributed by atoms with Crippen molar-refractivity contribution in [2.75, 3.05) is 26.7 Å². The van der Waals surface area contributed by atoms with Gasteiger partial charge in [-0.3, -0.25) is 4.90 Å². The van der Waals surface area contributed by atoms with Crippen molar-refractivity contribution in [1.82, 2.24) is 4.90 Å². The number of nitrogens with zero attached hydrogens (tertiary/aromatic N) is 1. The van der Waals surface area contributed by atoms with E-state index in [1.54, 1.807) is 0 Å². The minimum absolute atomic E-state index is 0.188. The first-order valence-electron chi connectivity index (χ1n) is 7.38. The molecule has 1 rings (SSSR count). The molecule has 1 aliphatic rings. The van der Waals surface area contributed by atoms with Crippen LogP contribution >= 0.6 is 0 Å². The zero-order valence-corrected chi connectivity index (χ0v) is 13.2. The summed E-state index contributed by atoms with van der Waals surface area (Å²) in [5.41, 5.74) is 1.21. The minimum atomic E-state index is -0.188. The van der Waals surface area contributed by atoms with Crippen LogP contribution in [0.1, 0.15) is 47.0 Å². The number of rotatable bonds is 4. The Kier molecular flexibility index (Phi) is 6.05. The predicted molar refractivity (Wildman–Crippen MR) is 79.0 cm³/mol. The predicted octanol–water partition coefficient (Wildman–Crippen LogP) is 3.25. The maximum Gasteiger partial charge on any atom is 0.333 e. The third-order valence-corrected chi connectivity index (χ3v) is 4.24. The molecular formula is C16H29NO2. The molecular weight excluding hydrogens is 238 g/mol. The van der Waals surface area contributed by atoms with E-state index in [2.05, 4.69) is 25.7 Å². The minimum Gasteiger partial charge on any atom is -0.466 e. The summed E-state index contributed by atoms with van der Waals surface area (Å²) in [4.78, 5) is 13.9. The first-order chi connectivity index (χ1) is 8.88. The lowest BCUT2D eigenvalue weighted by atomic mass is 9.75. The fourth-order valence-corrected chi connectivity index (χ4v) is 2.72. The van der Waals surface area contributed by atoms with Gasteiger partial charge in [-0.05, 0) is 43.7 Å². The zero-order valence-electron chi connectivity index (χ0n) is 13.2. The number of hydrogen-bond acceptors (Lipinski definition) is 3. The smallest absolute Gasteiger partial charge is 0.333 e. The summed E-state index contributed by atoms with van der Waals surface area (Å²) in [7, 11) is 1.45. The molecule has 0 spiro atoms. The molecule has 0 aromatic heterocycles. The van der Waals surface area contributed by atoms with E-state index in [0.717, 1.165) is 37.5 Å². The Morgan fingerprint density at radius 2 is 1.89 bits per heavy atom. The molecule has 0 bridgehead atoms. The Morgan fingerprint density at radius 3 is 2.32 bits per heavy atom. The standard InChI is InChI=1S/C16H29NO2/c1-6-13(15(18)19-5)7-10-17-11-8-14(9-12-17)16(2,3)4/h7,14H,6,8-12H2,1-5H3. The quantitative estimate of drug-likeness (QED) is 0.578. The van der Waals surface area contributed by atoms with Crippen LogP contribution in [0.25, 0.3) is 0 Å². The van der Waals surface area contributed by atoms with Crippen LogP contribution < -0.4 is 0 Å². The third kappa shape index (κ3) is 4.98. The molecule has 0 radical (unpaired) electrons. The van der Waals surface area contributed by atoms with Crippen molar-refractivity contribution >= 4 is 5.97 Å². The number of carbonyl (C=O) groups is 1. The van der Waals surface area contributed by atoms with Crippen LogP contribution in [-0.4, -0.2) is 37.6 Å². The maximum absolute atomic E-state index is 11.5. The number of esters is 1. The van der Waals surface area contributed by atoms with Gasteiger partial charge >= 0.3 is 5.97 Å². The van der Waals surface area contributed by atoms with Crippen molar-refractivity contribution in [3.05, 3.63) is 11.6 Å². The second-order valence-electron chi connectivity index (χ2n) is 6.52. The topological polar surface area (TPSA) is 29.5 Å². The molecule has 110 valence electrons. The number of carbonyl (C=O) groups excluding carboxylic acids is 1. The van der Waals surface area contributed by atoms with Crippen molar-refractivity contribution in [2.24, 2.45) is 11.3 Å². The van der Waals surface area contributed by atoms with Gasteiger partial charge in [0.25, 0.3) is 0 Å². The molecule has 3 heteroatoms. The van der Waals surface area contributed by atoms with Gasteiger partial charge < -0.3 is 4.74 Å². The summed E-state index contributed by atoms with van der Waals surface area (Å²) < 4.78 is 4.78. The Bertz CT molecular complexity index is 320. The number of piperidine rings is 1. The first kappa shape index (κ1) is 16.2. The van der Waals surface area contributed by atoms with Gasteiger partial charge in [0.2, 0.25) is 0 Å². The molecule has 1 fully saturated rings. The van der Waals surface area contributed by atoms with Gasteiger partial charge in [0, 0.05) is 12.1 Å². The van der Waals surface area contributed by atoms with Gasteiger partial charge in [0.15, 0.2) is 0 Å². The van der Waals surface area contributed by atoms with E-state index in [-0.39, 0.29) is 5.97 Å². The Hall–Kier alpha value is -0.830. The number of hydrogen-bond donors (Lipinski definition) is 0. The highest BCUT2D eigenvalue weighted by atomic mass is 16.5. The van der Waals surface area contributed by atoms with Crippen LogP contribution in [0.15, 0.2) is 11.6 Å². The molecule has 0 unspecified atom stereocenters. The second kappa shape index (κ2) is 7.09. The van der Waals surface area contributed by atoms with Crippen molar-refractivity contribution < 1.29 is 9.53 Å². The summed E-state index contributed by atoms with van der Waals surface area (Å²) >= 11 is 0. The van der Waals surface area contributed by atoms with E-state index in [4.69, 9.17) is 4.74 Å². The molecule has 0 atom stereocenters. The monoisotopic (exact) mass is 267 g/mol. The summed E-state index contributed by atoms with van der Waals surface area (Å²) in [5.74, 6) is 0.631. The van der Waals surface area contributed by atoms with E-state index in [9.17, 15) is 4.79 Å². The largest absolute Gasteiger partial charge is 0.466 e. The average molecular weight is 267 g/mol. The second-order valence-corrected chi connectivity index (χ2v) is 6.52. The average Bonchev–Trinajstić information content (AvgIpc) is 2.38. The Morgan fingerprint density at radius 1 is 1.32 bits per heavy atom. The van der Waals surface area contributed by atoms with Gasteiger partial charge in [0.05, 0.1) is 7.11 Å². The van der Waals surface area contributed by atoms with Crippen molar-refractivity contribution in [2.45, 2.75) is 47.0 Å². The van der Waals surface area contributed by atoms with Crippen molar-refractivity contribution in [3.8, 4) is 0 Å². The van der Waals surface area contributed by atoms with Crippen molar-refractivity contribution in [1.29, 1.82) is 0 Å². The lowest BCUT2D eigenvalue weighted by Crippen LogP contribution is -2.38. The molecule has 0 aromatic carbocycles. The number of ether oxygens (including phenoxy) is 1. The molecule has 0 aromatic rings. The SMILES string of the molecule is CCC(=CCN1CCC(C(C)(C)C)CC1)C(=O)OC. The summed E-state index contributed by atoms with van der Waals surface area (Å²) in [5, 5.41) is 0. The van der Waals surface area contributed by atoms with E-state index in [1.807, 2.05) is 13.0 Å². The Labute approximate surface area is 118 Å². The highest BCUT2D eigenvalue weighted by Gasteiger charge is 2.28. The zero-order chi connectivity index (χ0) is 14.5. The molecule has 0 N–H and O–H groups in total. The van der Waals surface area contributed by atoms with E-state index < -0.39 is 0 Å². The van der Waals surface area contributed by atoms with Crippen LogP contribution in [0.3, 0.4) is 0 Å². The maximum atomic E-state index is 11.5. The van der Waals surface area contributed by atoms with E-state index in [0.29, 0.717) is 5.41 Å². The van der Waals surface area contributed by atoms with Gasteiger partial charge in [0.1, 0.15) is 0 Å². The molecule has 0 saturated carbocycles. The molecule has 0 aliphatic carbocycles. The summed E-state index contributed by atoms with van der Waals surface area (Å²) in [6.07, 6.45) is 5.29. The lowest BCUT2D eigenvalue weighted by molar-refractivity contribution is -0.136. The van der Waals surface area contributed by atoms with Crippen LogP contribution in [0, 0.1) is 11.3 Å². The lowest BCUT2D eigenvalue weighted by Gasteiger charge is -2.38. The van der Waals surface area contributed by atoms with Crippen molar-refractivity contribution in [3.63, 3.8) is 0 Å². The van der Waals surface area contributed by atoms with Gasteiger partial charge in [-0.25, -0.2) is 4.79 Å². The number of methoxy groups -OCH3 is 1. The Balaban J connectivity index is 2.45.